The Morgan fingerprint density at radius 1 is 1.00 bits per heavy atom. The molecule has 0 N–H and O–H groups in total. The molecule has 0 bridgehead atoms. The van der Waals surface area contributed by atoms with Crippen molar-refractivity contribution < 1.29 is 4.79 Å². The Kier molecular flexibility index (Phi) is 6.06. The van der Waals surface area contributed by atoms with Crippen molar-refractivity contribution in [2.24, 2.45) is 0 Å². The number of unbranched alkanes of at least 4 members (excludes halogenated alkanes) is 1. The Morgan fingerprint density at radius 2 is 1.62 bits per heavy atom. The van der Waals surface area contributed by atoms with E-state index in [2.05, 4.69) is 43.3 Å². The smallest absolute Gasteiger partial charge is 0.196 e. The van der Waals surface area contributed by atoms with Gasteiger partial charge in [-0.1, -0.05) is 86.6 Å². The summed E-state index contributed by atoms with van der Waals surface area (Å²) in [6.07, 6.45) is 2.25. The van der Waals surface area contributed by atoms with Crippen LogP contribution < -0.4 is 0 Å². The van der Waals surface area contributed by atoms with E-state index in [1.165, 1.54) is 22.9 Å². The Balaban J connectivity index is 2.03. The second-order valence-electron chi connectivity index (χ2n) is 5.23. The molecule has 2 rings (SSSR count). The van der Waals surface area contributed by atoms with Gasteiger partial charge < -0.3 is 0 Å². The fourth-order valence-corrected chi connectivity index (χ4v) is 3.19. The molecule has 0 aliphatic heterocycles. The molecule has 2 aromatic carbocycles. The molecule has 0 fully saturated rings. The second kappa shape index (κ2) is 8.04. The predicted octanol–water partition coefficient (Wildman–Crippen LogP) is 5.52. The van der Waals surface area contributed by atoms with E-state index in [9.17, 15) is 4.79 Å². The van der Waals surface area contributed by atoms with Gasteiger partial charge in [0.05, 0.1) is 5.92 Å². The molecule has 0 heterocycles. The monoisotopic (exact) mass is 298 g/mol. The highest BCUT2D eigenvalue weighted by Crippen LogP contribution is 2.26. The number of benzene rings is 2. The SMILES string of the molecule is CCCCSC(=O)C(C)c1ccc(-c2ccccc2)cc1. The first kappa shape index (κ1) is 15.8. The molecule has 21 heavy (non-hydrogen) atoms. The van der Waals surface area contributed by atoms with E-state index in [0.717, 1.165) is 24.2 Å². The van der Waals surface area contributed by atoms with Crippen LogP contribution in [-0.4, -0.2) is 10.9 Å². The number of hydrogen-bond donors (Lipinski definition) is 0. The van der Waals surface area contributed by atoms with Crippen molar-refractivity contribution in [1.82, 2.24) is 0 Å². The van der Waals surface area contributed by atoms with Crippen molar-refractivity contribution in [3.8, 4) is 11.1 Å². The molecule has 0 saturated heterocycles. The molecule has 0 aliphatic carbocycles. The van der Waals surface area contributed by atoms with Crippen molar-refractivity contribution in [2.45, 2.75) is 32.6 Å². The molecule has 1 atom stereocenters. The van der Waals surface area contributed by atoms with Gasteiger partial charge in [-0.3, -0.25) is 4.79 Å². The fraction of sp³-hybridized carbons (Fsp3) is 0.316. The number of carbonyl (C=O) groups is 1. The van der Waals surface area contributed by atoms with Crippen LogP contribution in [-0.2, 0) is 4.79 Å². The van der Waals surface area contributed by atoms with Gasteiger partial charge in [-0.15, -0.1) is 0 Å². The summed E-state index contributed by atoms with van der Waals surface area (Å²) < 4.78 is 0. The zero-order valence-corrected chi connectivity index (χ0v) is 13.5. The lowest BCUT2D eigenvalue weighted by atomic mass is 9.98. The molecule has 0 aliphatic rings. The van der Waals surface area contributed by atoms with Gasteiger partial charge in [-0.2, -0.15) is 0 Å². The first-order valence-corrected chi connectivity index (χ1v) is 8.53. The van der Waals surface area contributed by atoms with Crippen LogP contribution in [0.4, 0.5) is 0 Å². The summed E-state index contributed by atoms with van der Waals surface area (Å²) in [4.78, 5) is 12.1. The van der Waals surface area contributed by atoms with E-state index in [0.29, 0.717) is 0 Å². The summed E-state index contributed by atoms with van der Waals surface area (Å²) in [5.74, 6) is 0.901. The molecule has 0 aromatic heterocycles. The number of hydrogen-bond acceptors (Lipinski definition) is 2. The third kappa shape index (κ3) is 4.47. The lowest BCUT2D eigenvalue weighted by molar-refractivity contribution is -0.111. The average Bonchev–Trinajstić information content (AvgIpc) is 2.55. The summed E-state index contributed by atoms with van der Waals surface area (Å²) in [6.45, 7) is 4.15. The van der Waals surface area contributed by atoms with Gasteiger partial charge in [-0.05, 0) is 23.1 Å². The summed E-state index contributed by atoms with van der Waals surface area (Å²) in [5.41, 5.74) is 3.50. The zero-order chi connectivity index (χ0) is 15.1. The minimum atomic E-state index is -0.0309. The van der Waals surface area contributed by atoms with Crippen LogP contribution in [0.2, 0.25) is 0 Å². The second-order valence-corrected chi connectivity index (χ2v) is 6.33. The third-order valence-electron chi connectivity index (χ3n) is 3.61. The Morgan fingerprint density at radius 3 is 2.24 bits per heavy atom. The Labute approximate surface area is 131 Å². The molecular weight excluding hydrogens is 276 g/mol. The maximum atomic E-state index is 12.1. The van der Waals surface area contributed by atoms with E-state index < -0.39 is 0 Å². The highest BCUT2D eigenvalue weighted by atomic mass is 32.2. The van der Waals surface area contributed by atoms with Crippen LogP contribution in [0, 0.1) is 0 Å². The minimum Gasteiger partial charge on any atom is -0.287 e. The molecule has 2 heteroatoms. The van der Waals surface area contributed by atoms with Crippen LogP contribution in [0.1, 0.15) is 38.2 Å². The standard InChI is InChI=1S/C19H22OS/c1-3-4-14-21-19(20)15(2)16-10-12-18(13-11-16)17-8-6-5-7-9-17/h5-13,15H,3-4,14H2,1-2H3. The molecule has 0 amide bonds. The van der Waals surface area contributed by atoms with Crippen LogP contribution in [0.5, 0.6) is 0 Å². The fourth-order valence-electron chi connectivity index (χ4n) is 2.17. The maximum Gasteiger partial charge on any atom is 0.196 e. The van der Waals surface area contributed by atoms with Crippen LogP contribution in [0.15, 0.2) is 54.6 Å². The first-order valence-electron chi connectivity index (χ1n) is 7.54. The largest absolute Gasteiger partial charge is 0.287 e. The molecule has 1 nitrogen and oxygen atoms in total. The van der Waals surface area contributed by atoms with Crippen molar-refractivity contribution in [1.29, 1.82) is 0 Å². The Bertz CT molecular complexity index is 560. The average molecular weight is 298 g/mol. The van der Waals surface area contributed by atoms with E-state index in [4.69, 9.17) is 0 Å². The van der Waals surface area contributed by atoms with Gasteiger partial charge in [0.25, 0.3) is 0 Å². The first-order chi connectivity index (χ1) is 10.2. The zero-order valence-electron chi connectivity index (χ0n) is 12.7. The normalized spacial score (nSPS) is 12.1. The predicted molar refractivity (Wildman–Crippen MR) is 92.7 cm³/mol. The topological polar surface area (TPSA) is 17.1 Å². The molecule has 0 radical (unpaired) electrons. The molecular formula is C19H22OS. The number of carbonyl (C=O) groups excluding carboxylic acids is 1. The molecule has 2 aromatic rings. The van der Waals surface area contributed by atoms with Gasteiger partial charge >= 0.3 is 0 Å². The van der Waals surface area contributed by atoms with Crippen molar-refractivity contribution in [2.75, 3.05) is 5.75 Å². The third-order valence-corrected chi connectivity index (χ3v) is 4.74. The highest BCUT2D eigenvalue weighted by molar-refractivity contribution is 8.13. The van der Waals surface area contributed by atoms with Gasteiger partial charge in [0.15, 0.2) is 5.12 Å². The van der Waals surface area contributed by atoms with Gasteiger partial charge in [0.1, 0.15) is 0 Å². The summed E-state index contributed by atoms with van der Waals surface area (Å²) in [7, 11) is 0. The maximum absolute atomic E-state index is 12.1. The van der Waals surface area contributed by atoms with Gasteiger partial charge in [0.2, 0.25) is 0 Å². The summed E-state index contributed by atoms with van der Waals surface area (Å²) in [5, 5.41) is 0.274. The highest BCUT2D eigenvalue weighted by Gasteiger charge is 2.15. The quantitative estimate of drug-likeness (QED) is 0.653. The lowest BCUT2D eigenvalue weighted by Gasteiger charge is -2.11. The molecule has 0 spiro atoms. The van der Waals surface area contributed by atoms with Gasteiger partial charge in [0, 0.05) is 5.75 Å². The summed E-state index contributed by atoms with van der Waals surface area (Å²) in [6, 6.07) is 18.7. The molecule has 0 saturated carbocycles. The van der Waals surface area contributed by atoms with Crippen molar-refractivity contribution >= 4 is 16.9 Å². The molecule has 110 valence electrons. The Hall–Kier alpha value is -1.54. The lowest BCUT2D eigenvalue weighted by Crippen LogP contribution is -2.05. The summed E-state index contributed by atoms with van der Waals surface area (Å²) >= 11 is 1.47. The van der Waals surface area contributed by atoms with Crippen LogP contribution in [0.3, 0.4) is 0 Å². The minimum absolute atomic E-state index is 0.0309. The molecule has 1 unspecified atom stereocenters. The van der Waals surface area contributed by atoms with Crippen LogP contribution in [0.25, 0.3) is 11.1 Å². The van der Waals surface area contributed by atoms with E-state index in [1.54, 1.807) is 0 Å². The number of rotatable bonds is 6. The van der Waals surface area contributed by atoms with E-state index in [1.807, 2.05) is 25.1 Å². The van der Waals surface area contributed by atoms with E-state index >= 15 is 0 Å². The van der Waals surface area contributed by atoms with Crippen molar-refractivity contribution in [3.63, 3.8) is 0 Å². The van der Waals surface area contributed by atoms with E-state index in [-0.39, 0.29) is 11.0 Å². The van der Waals surface area contributed by atoms with Crippen LogP contribution >= 0.6 is 11.8 Å². The van der Waals surface area contributed by atoms with Crippen molar-refractivity contribution in [3.05, 3.63) is 60.2 Å². The van der Waals surface area contributed by atoms with Gasteiger partial charge in [-0.25, -0.2) is 0 Å². The number of thioether (sulfide) groups is 1.